The van der Waals surface area contributed by atoms with Gasteiger partial charge in [0.15, 0.2) is 0 Å². The van der Waals surface area contributed by atoms with E-state index in [0.29, 0.717) is 0 Å². The molecule has 0 aliphatic heterocycles. The molecule has 60 heavy (non-hydrogen) atoms. The molecule has 1 aliphatic carbocycles. The van der Waals surface area contributed by atoms with Crippen LogP contribution in [0.25, 0.3) is 43.8 Å². The molecule has 0 radical (unpaired) electrons. The molecule has 2 nitrogen and oxygen atoms in total. The van der Waals surface area contributed by atoms with E-state index >= 15 is 0 Å². The van der Waals surface area contributed by atoms with Crippen molar-refractivity contribution in [1.82, 2.24) is 0 Å². The zero-order valence-electron chi connectivity index (χ0n) is 34.9. The van der Waals surface area contributed by atoms with E-state index in [1.165, 1.54) is 67.8 Å². The van der Waals surface area contributed by atoms with E-state index in [-0.39, 0.29) is 10.8 Å². The standard InChI is InChI=1S/C58H50N2/c1-57(2)38-39-58(3,4)56-52(26-15-27-53(56)57)45-20-12-23-49(40-45)60(55-29-14-19-44-17-9-11-25-51(44)55)48-36-32-42(33-37-48)41-30-34-47(35-31-41)59(46-21-6-5-7-22-46)54-28-13-18-43-16-8-10-24-50(43)54/h5-37,40H,38-39H2,1-4H3. The van der Waals surface area contributed by atoms with Crippen molar-refractivity contribution < 1.29 is 0 Å². The van der Waals surface area contributed by atoms with E-state index in [2.05, 4.69) is 244 Å². The molecular formula is C58H50N2. The molecule has 0 amide bonds. The van der Waals surface area contributed by atoms with E-state index < -0.39 is 0 Å². The van der Waals surface area contributed by atoms with Crippen LogP contribution in [0.2, 0.25) is 0 Å². The van der Waals surface area contributed by atoms with Gasteiger partial charge in [0.1, 0.15) is 0 Å². The highest BCUT2D eigenvalue weighted by atomic mass is 15.1. The van der Waals surface area contributed by atoms with Gasteiger partial charge in [-0.2, -0.15) is 0 Å². The molecule has 0 spiro atoms. The van der Waals surface area contributed by atoms with Gasteiger partial charge in [0.05, 0.1) is 11.4 Å². The summed E-state index contributed by atoms with van der Waals surface area (Å²) in [5, 5.41) is 4.89. The van der Waals surface area contributed by atoms with Gasteiger partial charge in [-0.25, -0.2) is 0 Å². The first-order chi connectivity index (χ1) is 29.2. The minimum absolute atomic E-state index is 0.0938. The second-order valence-corrected chi connectivity index (χ2v) is 17.6. The molecule has 0 heterocycles. The third-order valence-corrected chi connectivity index (χ3v) is 12.9. The summed E-state index contributed by atoms with van der Waals surface area (Å²) in [6, 6.07) is 75.4. The maximum absolute atomic E-state index is 2.44. The number of hydrogen-bond acceptors (Lipinski definition) is 2. The SMILES string of the molecule is CC1(C)CCC(C)(C)c2c(-c3cccc(N(c4ccc(-c5ccc(N(c6ccccc6)c6cccc7ccccc67)cc5)cc4)c4cccc5ccccc45)c3)cccc21. The van der Waals surface area contributed by atoms with Gasteiger partial charge in [0.25, 0.3) is 0 Å². The normalized spacial score (nSPS) is 14.1. The van der Waals surface area contributed by atoms with E-state index in [0.717, 1.165) is 34.1 Å². The van der Waals surface area contributed by atoms with Crippen LogP contribution in [-0.2, 0) is 10.8 Å². The lowest BCUT2D eigenvalue weighted by molar-refractivity contribution is 0.333. The zero-order valence-corrected chi connectivity index (χ0v) is 34.9. The Morgan fingerprint density at radius 1 is 0.350 bits per heavy atom. The molecule has 0 aromatic heterocycles. The van der Waals surface area contributed by atoms with E-state index in [4.69, 9.17) is 0 Å². The lowest BCUT2D eigenvalue weighted by Crippen LogP contribution is -2.34. The van der Waals surface area contributed by atoms with Gasteiger partial charge >= 0.3 is 0 Å². The summed E-state index contributed by atoms with van der Waals surface area (Å²) < 4.78 is 0. The lowest BCUT2D eigenvalue weighted by atomic mass is 9.61. The molecule has 0 unspecified atom stereocenters. The van der Waals surface area contributed by atoms with Crippen LogP contribution in [-0.4, -0.2) is 0 Å². The van der Waals surface area contributed by atoms with Crippen LogP contribution in [0.15, 0.2) is 206 Å². The van der Waals surface area contributed by atoms with Crippen molar-refractivity contribution in [3.63, 3.8) is 0 Å². The van der Waals surface area contributed by atoms with Gasteiger partial charge in [-0.15, -0.1) is 0 Å². The Morgan fingerprint density at radius 2 is 0.800 bits per heavy atom. The number of nitrogens with zero attached hydrogens (tertiary/aromatic N) is 2. The minimum Gasteiger partial charge on any atom is -0.310 e. The molecule has 0 N–H and O–H groups in total. The van der Waals surface area contributed by atoms with Crippen LogP contribution in [0.1, 0.15) is 51.7 Å². The summed E-state index contributed by atoms with van der Waals surface area (Å²) in [7, 11) is 0. The summed E-state index contributed by atoms with van der Waals surface area (Å²) in [4.78, 5) is 4.80. The lowest BCUT2D eigenvalue weighted by Gasteiger charge is -2.43. The maximum atomic E-state index is 2.44. The number of hydrogen-bond donors (Lipinski definition) is 0. The van der Waals surface area contributed by atoms with E-state index in [9.17, 15) is 0 Å². The molecule has 0 atom stereocenters. The third kappa shape index (κ3) is 6.73. The zero-order chi connectivity index (χ0) is 40.8. The van der Waals surface area contributed by atoms with Gasteiger partial charge < -0.3 is 9.80 Å². The van der Waals surface area contributed by atoms with Crippen LogP contribution in [0.3, 0.4) is 0 Å². The van der Waals surface area contributed by atoms with Crippen molar-refractivity contribution in [2.75, 3.05) is 9.80 Å². The fourth-order valence-electron chi connectivity index (χ4n) is 9.63. The Hall–Kier alpha value is -6.90. The van der Waals surface area contributed by atoms with Gasteiger partial charge in [-0.05, 0) is 128 Å². The van der Waals surface area contributed by atoms with Crippen molar-refractivity contribution in [3.05, 3.63) is 217 Å². The Labute approximate surface area is 355 Å². The van der Waals surface area contributed by atoms with Crippen LogP contribution in [0, 0.1) is 0 Å². The fraction of sp³-hybridized carbons (Fsp3) is 0.138. The smallest absolute Gasteiger partial charge is 0.0540 e. The summed E-state index contributed by atoms with van der Waals surface area (Å²) in [6.45, 7) is 9.67. The quantitative estimate of drug-likeness (QED) is 0.152. The first-order valence-electron chi connectivity index (χ1n) is 21.3. The molecule has 292 valence electrons. The second-order valence-electron chi connectivity index (χ2n) is 17.6. The molecule has 0 bridgehead atoms. The molecule has 9 aromatic carbocycles. The molecule has 9 aromatic rings. The van der Waals surface area contributed by atoms with Gasteiger partial charge in [0.2, 0.25) is 0 Å². The predicted octanol–water partition coefficient (Wildman–Crippen LogP) is 16.6. The monoisotopic (exact) mass is 774 g/mol. The average molecular weight is 775 g/mol. The highest BCUT2D eigenvalue weighted by molar-refractivity contribution is 6.00. The first-order valence-corrected chi connectivity index (χ1v) is 21.3. The van der Waals surface area contributed by atoms with Crippen molar-refractivity contribution >= 4 is 55.7 Å². The van der Waals surface area contributed by atoms with Crippen molar-refractivity contribution in [2.45, 2.75) is 51.4 Å². The fourth-order valence-corrected chi connectivity index (χ4v) is 9.63. The van der Waals surface area contributed by atoms with Gasteiger partial charge in [0, 0.05) is 33.5 Å². The van der Waals surface area contributed by atoms with E-state index in [1.807, 2.05) is 0 Å². The number of anilines is 6. The maximum Gasteiger partial charge on any atom is 0.0540 e. The molecular weight excluding hydrogens is 725 g/mol. The Morgan fingerprint density at radius 3 is 1.40 bits per heavy atom. The molecule has 2 heteroatoms. The van der Waals surface area contributed by atoms with Crippen LogP contribution in [0.5, 0.6) is 0 Å². The summed E-state index contributed by atoms with van der Waals surface area (Å²) in [6.07, 6.45) is 2.37. The first kappa shape index (κ1) is 37.4. The highest BCUT2D eigenvalue weighted by Gasteiger charge is 2.38. The molecule has 0 fully saturated rings. The van der Waals surface area contributed by atoms with Crippen LogP contribution in [0.4, 0.5) is 34.1 Å². The Bertz CT molecular complexity index is 2970. The predicted molar refractivity (Wildman–Crippen MR) is 257 cm³/mol. The molecule has 10 rings (SSSR count). The highest BCUT2D eigenvalue weighted by Crippen LogP contribution is 2.50. The van der Waals surface area contributed by atoms with Crippen LogP contribution >= 0.6 is 0 Å². The topological polar surface area (TPSA) is 6.48 Å². The number of rotatable bonds is 8. The minimum atomic E-state index is 0.0938. The summed E-state index contributed by atoms with van der Waals surface area (Å²) in [5.74, 6) is 0. The van der Waals surface area contributed by atoms with Gasteiger partial charge in [-0.1, -0.05) is 173 Å². The number of fused-ring (bicyclic) bond motifs is 3. The number of benzene rings is 9. The second kappa shape index (κ2) is 15.0. The summed E-state index contributed by atoms with van der Waals surface area (Å²) >= 11 is 0. The molecule has 0 saturated heterocycles. The van der Waals surface area contributed by atoms with Crippen molar-refractivity contribution in [1.29, 1.82) is 0 Å². The average Bonchev–Trinajstić information content (AvgIpc) is 3.29. The summed E-state index contributed by atoms with van der Waals surface area (Å²) in [5.41, 5.74) is 15.0. The molecule has 0 saturated carbocycles. The third-order valence-electron chi connectivity index (χ3n) is 12.9. The Kier molecular flexibility index (Phi) is 9.37. The van der Waals surface area contributed by atoms with Crippen molar-refractivity contribution in [3.8, 4) is 22.3 Å². The Balaban J connectivity index is 1.04. The van der Waals surface area contributed by atoms with E-state index in [1.54, 1.807) is 0 Å². The number of para-hydroxylation sites is 1. The van der Waals surface area contributed by atoms with Crippen molar-refractivity contribution in [2.24, 2.45) is 0 Å². The van der Waals surface area contributed by atoms with Crippen LogP contribution < -0.4 is 9.80 Å². The molecule has 1 aliphatic rings. The van der Waals surface area contributed by atoms with Gasteiger partial charge in [-0.3, -0.25) is 0 Å². The largest absolute Gasteiger partial charge is 0.310 e.